The Morgan fingerprint density at radius 1 is 1.35 bits per heavy atom. The number of likely N-dealkylation sites (N-methyl/N-ethyl adjacent to an activating group) is 2. The van der Waals surface area contributed by atoms with Gasteiger partial charge in [0, 0.05) is 26.7 Å². The molecule has 1 aromatic rings. The predicted octanol–water partition coefficient (Wildman–Crippen LogP) is 1.05. The number of nitriles is 1. The first-order valence-corrected chi connectivity index (χ1v) is 5.88. The van der Waals surface area contributed by atoms with Crippen molar-refractivity contribution in [3.63, 3.8) is 0 Å². The molecule has 0 aliphatic carbocycles. The van der Waals surface area contributed by atoms with Crippen molar-refractivity contribution in [1.29, 1.82) is 5.26 Å². The second kappa shape index (κ2) is 5.07. The minimum absolute atomic E-state index is 0.119. The SMILES string of the molecule is CNC(C#N)CN1CCN(C)c2ccccc21. The van der Waals surface area contributed by atoms with Crippen molar-refractivity contribution in [2.45, 2.75) is 6.04 Å². The second-order valence-corrected chi connectivity index (χ2v) is 4.33. The van der Waals surface area contributed by atoms with Gasteiger partial charge in [-0.05, 0) is 19.2 Å². The van der Waals surface area contributed by atoms with Gasteiger partial charge in [0.05, 0.1) is 17.4 Å². The van der Waals surface area contributed by atoms with E-state index in [1.807, 2.05) is 13.1 Å². The molecule has 4 nitrogen and oxygen atoms in total. The van der Waals surface area contributed by atoms with E-state index < -0.39 is 0 Å². The van der Waals surface area contributed by atoms with Crippen molar-refractivity contribution in [3.05, 3.63) is 24.3 Å². The number of nitrogens with zero attached hydrogens (tertiary/aromatic N) is 3. The standard InChI is InChI=1S/C13H18N4/c1-15-11(9-14)10-17-8-7-16(2)12-5-3-4-6-13(12)17/h3-6,11,15H,7-8,10H2,1-2H3. The minimum Gasteiger partial charge on any atom is -0.371 e. The normalized spacial score (nSPS) is 16.3. The molecule has 4 heteroatoms. The maximum Gasteiger partial charge on any atom is 0.113 e. The van der Waals surface area contributed by atoms with Gasteiger partial charge >= 0.3 is 0 Å². The number of anilines is 2. The molecular weight excluding hydrogens is 212 g/mol. The third-order valence-corrected chi connectivity index (χ3v) is 3.25. The Kier molecular flexibility index (Phi) is 3.50. The first kappa shape index (κ1) is 11.7. The van der Waals surface area contributed by atoms with Crippen LogP contribution in [0.2, 0.25) is 0 Å². The fourth-order valence-electron chi connectivity index (χ4n) is 2.17. The lowest BCUT2D eigenvalue weighted by molar-refractivity contribution is 0.628. The van der Waals surface area contributed by atoms with Crippen LogP contribution >= 0.6 is 0 Å². The van der Waals surface area contributed by atoms with Crippen molar-refractivity contribution in [2.75, 3.05) is 43.5 Å². The number of benzene rings is 1. The fraction of sp³-hybridized carbons (Fsp3) is 0.462. The molecule has 0 bridgehead atoms. The van der Waals surface area contributed by atoms with Gasteiger partial charge in [-0.15, -0.1) is 0 Å². The Labute approximate surface area is 102 Å². The van der Waals surface area contributed by atoms with Crippen LogP contribution in [-0.2, 0) is 0 Å². The van der Waals surface area contributed by atoms with Crippen LogP contribution in [0.1, 0.15) is 0 Å². The van der Waals surface area contributed by atoms with Crippen LogP contribution < -0.4 is 15.1 Å². The number of hydrogen-bond acceptors (Lipinski definition) is 4. The van der Waals surface area contributed by atoms with Gasteiger partial charge < -0.3 is 15.1 Å². The number of fused-ring (bicyclic) bond motifs is 1. The Balaban J connectivity index is 2.22. The molecule has 1 aromatic carbocycles. The molecule has 0 amide bonds. The summed E-state index contributed by atoms with van der Waals surface area (Å²) < 4.78 is 0. The van der Waals surface area contributed by atoms with Crippen molar-refractivity contribution >= 4 is 11.4 Å². The third-order valence-electron chi connectivity index (χ3n) is 3.25. The summed E-state index contributed by atoms with van der Waals surface area (Å²) in [4.78, 5) is 4.53. The summed E-state index contributed by atoms with van der Waals surface area (Å²) in [6.07, 6.45) is 0. The summed E-state index contributed by atoms with van der Waals surface area (Å²) in [5.74, 6) is 0. The molecule has 1 heterocycles. The smallest absolute Gasteiger partial charge is 0.113 e. The molecule has 0 aromatic heterocycles. The molecule has 1 aliphatic heterocycles. The minimum atomic E-state index is -0.119. The maximum absolute atomic E-state index is 9.01. The lowest BCUT2D eigenvalue weighted by Crippen LogP contribution is -2.45. The number of para-hydroxylation sites is 2. The zero-order valence-corrected chi connectivity index (χ0v) is 10.3. The highest BCUT2D eigenvalue weighted by Crippen LogP contribution is 2.31. The van der Waals surface area contributed by atoms with Gasteiger partial charge in [0.1, 0.15) is 6.04 Å². The molecule has 0 spiro atoms. The van der Waals surface area contributed by atoms with Gasteiger partial charge in [-0.3, -0.25) is 0 Å². The number of rotatable bonds is 3. The van der Waals surface area contributed by atoms with E-state index in [-0.39, 0.29) is 6.04 Å². The average molecular weight is 230 g/mol. The van der Waals surface area contributed by atoms with Gasteiger partial charge in [0.2, 0.25) is 0 Å². The first-order valence-electron chi connectivity index (χ1n) is 5.88. The molecule has 1 aliphatic rings. The average Bonchev–Trinajstić information content (AvgIpc) is 2.38. The van der Waals surface area contributed by atoms with E-state index in [1.54, 1.807) is 0 Å². The van der Waals surface area contributed by atoms with Crippen LogP contribution in [-0.4, -0.2) is 39.8 Å². The lowest BCUT2D eigenvalue weighted by atomic mass is 10.1. The van der Waals surface area contributed by atoms with E-state index in [4.69, 9.17) is 5.26 Å². The summed E-state index contributed by atoms with van der Waals surface area (Å²) in [6, 6.07) is 10.5. The van der Waals surface area contributed by atoms with E-state index in [2.05, 4.69) is 46.4 Å². The Hall–Kier alpha value is -1.73. The molecule has 1 unspecified atom stereocenters. The molecule has 0 radical (unpaired) electrons. The van der Waals surface area contributed by atoms with Crippen molar-refractivity contribution in [1.82, 2.24) is 5.32 Å². The van der Waals surface area contributed by atoms with Gasteiger partial charge in [0.15, 0.2) is 0 Å². The van der Waals surface area contributed by atoms with Gasteiger partial charge in [-0.1, -0.05) is 12.1 Å². The van der Waals surface area contributed by atoms with Crippen LogP contribution in [0.5, 0.6) is 0 Å². The molecule has 1 N–H and O–H groups in total. The highest BCUT2D eigenvalue weighted by atomic mass is 15.3. The summed E-state index contributed by atoms with van der Waals surface area (Å²) in [5.41, 5.74) is 2.46. The van der Waals surface area contributed by atoms with E-state index >= 15 is 0 Å². The van der Waals surface area contributed by atoms with Crippen molar-refractivity contribution in [2.24, 2.45) is 0 Å². The van der Waals surface area contributed by atoms with Crippen LogP contribution in [0.3, 0.4) is 0 Å². The molecule has 17 heavy (non-hydrogen) atoms. The third kappa shape index (κ3) is 2.34. The maximum atomic E-state index is 9.01. The highest BCUT2D eigenvalue weighted by Gasteiger charge is 2.21. The molecule has 0 fully saturated rings. The lowest BCUT2D eigenvalue weighted by Gasteiger charge is -2.37. The van der Waals surface area contributed by atoms with Crippen LogP contribution in [0, 0.1) is 11.3 Å². The summed E-state index contributed by atoms with van der Waals surface area (Å²) in [5, 5.41) is 12.0. The summed E-state index contributed by atoms with van der Waals surface area (Å²) >= 11 is 0. The van der Waals surface area contributed by atoms with Crippen molar-refractivity contribution < 1.29 is 0 Å². The van der Waals surface area contributed by atoms with Crippen LogP contribution in [0.4, 0.5) is 11.4 Å². The zero-order valence-electron chi connectivity index (χ0n) is 10.3. The van der Waals surface area contributed by atoms with Crippen LogP contribution in [0.25, 0.3) is 0 Å². The number of nitrogens with one attached hydrogen (secondary N) is 1. The van der Waals surface area contributed by atoms with Crippen LogP contribution in [0.15, 0.2) is 24.3 Å². The largest absolute Gasteiger partial charge is 0.371 e. The molecule has 1 atom stereocenters. The molecular formula is C13H18N4. The summed E-state index contributed by atoms with van der Waals surface area (Å²) in [7, 11) is 3.94. The van der Waals surface area contributed by atoms with Gasteiger partial charge in [-0.2, -0.15) is 5.26 Å². The highest BCUT2D eigenvalue weighted by molar-refractivity contribution is 5.73. The zero-order chi connectivity index (χ0) is 12.3. The first-order chi connectivity index (χ1) is 8.26. The predicted molar refractivity (Wildman–Crippen MR) is 70.4 cm³/mol. The number of hydrogen-bond donors (Lipinski definition) is 1. The van der Waals surface area contributed by atoms with E-state index in [0.717, 1.165) is 19.6 Å². The second-order valence-electron chi connectivity index (χ2n) is 4.33. The quantitative estimate of drug-likeness (QED) is 0.843. The molecule has 90 valence electrons. The molecule has 2 rings (SSSR count). The Morgan fingerprint density at radius 3 is 2.71 bits per heavy atom. The van der Waals surface area contributed by atoms with E-state index in [9.17, 15) is 0 Å². The Bertz CT molecular complexity index is 424. The monoisotopic (exact) mass is 230 g/mol. The molecule has 0 saturated heterocycles. The topological polar surface area (TPSA) is 42.3 Å². The van der Waals surface area contributed by atoms with E-state index in [1.165, 1.54) is 11.4 Å². The Morgan fingerprint density at radius 2 is 2.06 bits per heavy atom. The summed E-state index contributed by atoms with van der Waals surface area (Å²) in [6.45, 7) is 2.70. The fourth-order valence-corrected chi connectivity index (χ4v) is 2.17. The van der Waals surface area contributed by atoms with Crippen molar-refractivity contribution in [3.8, 4) is 6.07 Å². The molecule has 0 saturated carbocycles. The van der Waals surface area contributed by atoms with Gasteiger partial charge in [-0.25, -0.2) is 0 Å². The van der Waals surface area contributed by atoms with E-state index in [0.29, 0.717) is 0 Å². The van der Waals surface area contributed by atoms with Gasteiger partial charge in [0.25, 0.3) is 0 Å².